The van der Waals surface area contributed by atoms with Crippen LogP contribution in [0.2, 0.25) is 0 Å². The molecule has 120 valence electrons. The molecule has 0 aliphatic rings. The number of rotatable bonds is 12. The lowest BCUT2D eigenvalue weighted by Gasteiger charge is -2.35. The first kappa shape index (κ1) is 19.6. The maximum absolute atomic E-state index is 12.8. The van der Waals surface area contributed by atoms with Gasteiger partial charge in [-0.05, 0) is 31.1 Å². The number of unbranched alkanes of at least 4 members (excludes halogenated alkanes) is 3. The van der Waals surface area contributed by atoms with E-state index in [1.807, 2.05) is 0 Å². The fourth-order valence-corrected chi connectivity index (χ4v) is 3.33. The zero-order valence-electron chi connectivity index (χ0n) is 14.6. The van der Waals surface area contributed by atoms with Gasteiger partial charge in [-0.25, -0.2) is 0 Å². The molecule has 0 unspecified atom stereocenters. The van der Waals surface area contributed by atoms with Crippen LogP contribution in [0.1, 0.15) is 79.6 Å². The minimum atomic E-state index is -0.261. The van der Waals surface area contributed by atoms with Gasteiger partial charge in [-0.2, -0.15) is 0 Å². The molecule has 0 radical (unpaired) electrons. The molecule has 0 heterocycles. The Hall–Kier alpha value is -0.370. The molecular weight excluding hydrogens is 248 g/mol. The zero-order valence-corrected chi connectivity index (χ0v) is 14.6. The summed E-state index contributed by atoms with van der Waals surface area (Å²) in [6.45, 7) is 11.6. The molecule has 0 aliphatic heterocycles. The second kappa shape index (κ2) is 10.4. The lowest BCUT2D eigenvalue weighted by Crippen LogP contribution is -2.38. The molecule has 0 bridgehead atoms. The number of hydrogen-bond donors (Lipinski definition) is 0. The first-order chi connectivity index (χ1) is 9.38. The third-order valence-corrected chi connectivity index (χ3v) is 3.87. The number of Topliss-reactive ketones (excluding diaryl/α,β-unsaturated/α-hetero) is 1. The first-order valence-electron chi connectivity index (χ1n) is 8.40. The third kappa shape index (κ3) is 7.42. The van der Waals surface area contributed by atoms with Crippen molar-refractivity contribution in [2.24, 2.45) is 17.3 Å². The summed E-state index contributed by atoms with van der Waals surface area (Å²) in [5.41, 5.74) is -0.261. The Balaban J connectivity index is 4.80. The van der Waals surface area contributed by atoms with Crippen LogP contribution in [-0.2, 0) is 9.53 Å². The second-order valence-corrected chi connectivity index (χ2v) is 7.14. The molecule has 0 saturated heterocycles. The summed E-state index contributed by atoms with van der Waals surface area (Å²) in [5, 5.41) is 0. The topological polar surface area (TPSA) is 26.3 Å². The van der Waals surface area contributed by atoms with Crippen LogP contribution in [0.5, 0.6) is 0 Å². The summed E-state index contributed by atoms with van der Waals surface area (Å²) in [5.74, 6) is 1.49. The second-order valence-electron chi connectivity index (χ2n) is 7.14. The highest BCUT2D eigenvalue weighted by Crippen LogP contribution is 2.36. The Morgan fingerprint density at radius 2 is 1.55 bits per heavy atom. The molecule has 0 aromatic rings. The standard InChI is InChI=1S/C18H36O2/c1-7-8-9-10-11-17(19)18(14-20-6,12-15(2)3)13-16(4)5/h15-16H,7-14H2,1-6H3. The molecule has 2 nitrogen and oxygen atoms in total. The molecule has 0 atom stereocenters. The molecule has 0 amide bonds. The van der Waals surface area contributed by atoms with Crippen LogP contribution in [0.4, 0.5) is 0 Å². The van der Waals surface area contributed by atoms with Gasteiger partial charge >= 0.3 is 0 Å². The van der Waals surface area contributed by atoms with E-state index in [-0.39, 0.29) is 5.41 Å². The maximum atomic E-state index is 12.8. The molecule has 0 aromatic carbocycles. The minimum Gasteiger partial charge on any atom is -0.384 e. The highest BCUT2D eigenvalue weighted by Gasteiger charge is 2.38. The van der Waals surface area contributed by atoms with E-state index in [1.54, 1.807) is 7.11 Å². The van der Waals surface area contributed by atoms with E-state index >= 15 is 0 Å². The zero-order chi connectivity index (χ0) is 15.6. The lowest BCUT2D eigenvalue weighted by atomic mass is 9.70. The molecule has 0 aliphatic carbocycles. The molecule has 0 N–H and O–H groups in total. The van der Waals surface area contributed by atoms with E-state index in [1.165, 1.54) is 19.3 Å². The number of carbonyl (C=O) groups excluding carboxylic acids is 1. The normalized spacial score (nSPS) is 12.4. The molecule has 0 aromatic heterocycles. The van der Waals surface area contributed by atoms with Crippen LogP contribution in [0.3, 0.4) is 0 Å². The van der Waals surface area contributed by atoms with Gasteiger partial charge in [0, 0.05) is 13.5 Å². The van der Waals surface area contributed by atoms with Gasteiger partial charge in [-0.3, -0.25) is 4.79 Å². The van der Waals surface area contributed by atoms with Crippen molar-refractivity contribution in [1.82, 2.24) is 0 Å². The molecule has 0 saturated carbocycles. The largest absolute Gasteiger partial charge is 0.384 e. The molecule has 20 heavy (non-hydrogen) atoms. The minimum absolute atomic E-state index is 0.261. The van der Waals surface area contributed by atoms with Gasteiger partial charge in [0.15, 0.2) is 0 Å². The summed E-state index contributed by atoms with van der Waals surface area (Å²) in [6, 6.07) is 0. The van der Waals surface area contributed by atoms with Gasteiger partial charge in [0.1, 0.15) is 5.78 Å². The molecule has 2 heteroatoms. The fourth-order valence-electron chi connectivity index (χ4n) is 3.33. The van der Waals surface area contributed by atoms with Crippen molar-refractivity contribution in [1.29, 1.82) is 0 Å². The molecule has 0 fully saturated rings. The van der Waals surface area contributed by atoms with Crippen LogP contribution < -0.4 is 0 Å². The number of hydrogen-bond acceptors (Lipinski definition) is 2. The van der Waals surface area contributed by atoms with E-state index in [4.69, 9.17) is 4.74 Å². The Labute approximate surface area is 126 Å². The fraction of sp³-hybridized carbons (Fsp3) is 0.944. The average Bonchev–Trinajstić information content (AvgIpc) is 2.32. The summed E-state index contributed by atoms with van der Waals surface area (Å²) < 4.78 is 5.44. The van der Waals surface area contributed by atoms with E-state index in [0.717, 1.165) is 25.7 Å². The third-order valence-electron chi connectivity index (χ3n) is 3.87. The first-order valence-corrected chi connectivity index (χ1v) is 8.40. The Bertz CT molecular complexity index is 246. The quantitative estimate of drug-likeness (QED) is 0.457. The van der Waals surface area contributed by atoms with Crippen molar-refractivity contribution in [2.75, 3.05) is 13.7 Å². The average molecular weight is 284 g/mol. The van der Waals surface area contributed by atoms with E-state index in [0.29, 0.717) is 24.2 Å². The predicted octanol–water partition coefficient (Wildman–Crippen LogP) is 5.25. The van der Waals surface area contributed by atoms with E-state index < -0.39 is 0 Å². The van der Waals surface area contributed by atoms with Crippen LogP contribution in [-0.4, -0.2) is 19.5 Å². The van der Waals surface area contributed by atoms with Gasteiger partial charge in [-0.1, -0.05) is 53.9 Å². The highest BCUT2D eigenvalue weighted by atomic mass is 16.5. The van der Waals surface area contributed by atoms with Crippen molar-refractivity contribution in [3.8, 4) is 0 Å². The SMILES string of the molecule is CCCCCCC(=O)C(COC)(CC(C)C)CC(C)C. The van der Waals surface area contributed by atoms with Crippen LogP contribution in [0, 0.1) is 17.3 Å². The number of methoxy groups -OCH3 is 1. The number of ketones is 1. The Kier molecular flexibility index (Phi) is 10.2. The van der Waals surface area contributed by atoms with Gasteiger partial charge in [-0.15, -0.1) is 0 Å². The lowest BCUT2D eigenvalue weighted by molar-refractivity contribution is -0.134. The summed E-state index contributed by atoms with van der Waals surface area (Å²) in [6.07, 6.45) is 7.29. The molecule has 0 spiro atoms. The van der Waals surface area contributed by atoms with E-state index in [2.05, 4.69) is 34.6 Å². The summed E-state index contributed by atoms with van der Waals surface area (Å²) in [7, 11) is 1.72. The van der Waals surface area contributed by atoms with Gasteiger partial charge < -0.3 is 4.74 Å². The summed E-state index contributed by atoms with van der Waals surface area (Å²) >= 11 is 0. The van der Waals surface area contributed by atoms with E-state index in [9.17, 15) is 4.79 Å². The highest BCUT2D eigenvalue weighted by molar-refractivity contribution is 5.85. The Morgan fingerprint density at radius 1 is 1.00 bits per heavy atom. The summed E-state index contributed by atoms with van der Waals surface area (Å²) in [4.78, 5) is 12.8. The van der Waals surface area contributed by atoms with Crippen molar-refractivity contribution >= 4 is 5.78 Å². The smallest absolute Gasteiger partial charge is 0.141 e. The van der Waals surface area contributed by atoms with Gasteiger partial charge in [0.2, 0.25) is 0 Å². The molecule has 0 rings (SSSR count). The predicted molar refractivity (Wildman–Crippen MR) is 87.0 cm³/mol. The number of ether oxygens (including phenoxy) is 1. The Morgan fingerprint density at radius 3 is 1.95 bits per heavy atom. The van der Waals surface area contributed by atoms with Crippen LogP contribution >= 0.6 is 0 Å². The van der Waals surface area contributed by atoms with Crippen LogP contribution in [0.25, 0.3) is 0 Å². The van der Waals surface area contributed by atoms with Gasteiger partial charge in [0.05, 0.1) is 12.0 Å². The van der Waals surface area contributed by atoms with Gasteiger partial charge in [0.25, 0.3) is 0 Å². The maximum Gasteiger partial charge on any atom is 0.141 e. The van der Waals surface area contributed by atoms with Crippen molar-refractivity contribution in [2.45, 2.75) is 79.6 Å². The monoisotopic (exact) mass is 284 g/mol. The van der Waals surface area contributed by atoms with Crippen LogP contribution in [0.15, 0.2) is 0 Å². The van der Waals surface area contributed by atoms with Crippen molar-refractivity contribution in [3.05, 3.63) is 0 Å². The van der Waals surface area contributed by atoms with Crippen molar-refractivity contribution < 1.29 is 9.53 Å². The number of carbonyl (C=O) groups is 1. The molecular formula is C18H36O2. The van der Waals surface area contributed by atoms with Crippen molar-refractivity contribution in [3.63, 3.8) is 0 Å².